The van der Waals surface area contributed by atoms with Crippen LogP contribution >= 0.6 is 23.1 Å². The van der Waals surface area contributed by atoms with Crippen molar-refractivity contribution >= 4 is 44.6 Å². The first-order chi connectivity index (χ1) is 10.2. The first-order valence-corrected chi connectivity index (χ1v) is 9.92. The van der Waals surface area contributed by atoms with Gasteiger partial charge in [-0.25, -0.2) is 8.42 Å². The molecule has 0 saturated carbocycles. The maximum Gasteiger partial charge on any atom is 0.229 e. The van der Waals surface area contributed by atoms with Crippen molar-refractivity contribution in [3.63, 3.8) is 0 Å². The van der Waals surface area contributed by atoms with Crippen molar-refractivity contribution in [1.29, 1.82) is 0 Å². The van der Waals surface area contributed by atoms with E-state index in [1.54, 1.807) is 24.3 Å². The summed E-state index contributed by atoms with van der Waals surface area (Å²) in [5, 5.41) is 8.48. The molecule has 0 fully saturated rings. The number of carbonyl (C=O) groups is 1. The Balaban J connectivity index is 2.05. The largest absolute Gasteiger partial charge is 0.293 e. The van der Waals surface area contributed by atoms with Crippen LogP contribution in [0.25, 0.3) is 0 Å². The number of ketones is 1. The lowest BCUT2D eigenvalue weighted by Gasteiger charge is -2.09. The molecule has 9 heteroatoms. The Kier molecular flexibility index (Phi) is 5.20. The van der Waals surface area contributed by atoms with Gasteiger partial charge < -0.3 is 0 Å². The summed E-state index contributed by atoms with van der Waals surface area (Å²) < 4.78 is 25.4. The van der Waals surface area contributed by atoms with Crippen LogP contribution in [0.3, 0.4) is 0 Å². The van der Waals surface area contributed by atoms with Crippen molar-refractivity contribution in [2.24, 2.45) is 0 Å². The van der Waals surface area contributed by atoms with Crippen LogP contribution in [0.4, 0.5) is 5.69 Å². The van der Waals surface area contributed by atoms with Gasteiger partial charge in [-0.15, -0.1) is 10.2 Å². The van der Waals surface area contributed by atoms with Crippen molar-refractivity contribution in [2.75, 3.05) is 11.0 Å². The van der Waals surface area contributed by atoms with Crippen LogP contribution in [0, 0.1) is 6.92 Å². The number of anilines is 1. The van der Waals surface area contributed by atoms with Crippen LogP contribution < -0.4 is 4.72 Å². The van der Waals surface area contributed by atoms with E-state index in [0.717, 1.165) is 15.6 Å². The van der Waals surface area contributed by atoms with Crippen LogP contribution in [0.5, 0.6) is 0 Å². The molecule has 1 unspecified atom stereocenters. The molecule has 118 valence electrons. The zero-order chi connectivity index (χ0) is 16.3. The predicted molar refractivity (Wildman–Crippen MR) is 89.2 cm³/mol. The number of Topliss-reactive ketones (excluding diaryl/α,β-unsaturated/α-hetero) is 1. The predicted octanol–water partition coefficient (Wildman–Crippen LogP) is 2.58. The average Bonchev–Trinajstić information content (AvgIpc) is 2.82. The summed E-state index contributed by atoms with van der Waals surface area (Å²) in [6, 6.07) is 6.36. The van der Waals surface area contributed by atoms with E-state index in [9.17, 15) is 13.2 Å². The molecule has 6 nitrogen and oxygen atoms in total. The Morgan fingerprint density at radius 3 is 2.41 bits per heavy atom. The number of benzene rings is 1. The van der Waals surface area contributed by atoms with Crippen molar-refractivity contribution in [3.05, 3.63) is 34.8 Å². The molecule has 0 radical (unpaired) electrons. The van der Waals surface area contributed by atoms with Gasteiger partial charge in [0.15, 0.2) is 10.1 Å². The minimum absolute atomic E-state index is 0.0382. The Morgan fingerprint density at radius 2 is 1.91 bits per heavy atom. The Morgan fingerprint density at radius 1 is 1.27 bits per heavy atom. The topological polar surface area (TPSA) is 89.0 Å². The highest BCUT2D eigenvalue weighted by molar-refractivity contribution is 8.02. The number of nitrogens with one attached hydrogen (secondary N) is 1. The summed E-state index contributed by atoms with van der Waals surface area (Å²) in [4.78, 5) is 12.3. The number of thioether (sulfide) groups is 1. The number of rotatable bonds is 6. The molecule has 0 bridgehead atoms. The maximum absolute atomic E-state index is 12.3. The van der Waals surface area contributed by atoms with Crippen molar-refractivity contribution in [3.8, 4) is 0 Å². The van der Waals surface area contributed by atoms with E-state index in [4.69, 9.17) is 0 Å². The minimum Gasteiger partial charge on any atom is -0.293 e. The van der Waals surface area contributed by atoms with Gasteiger partial charge in [0.25, 0.3) is 0 Å². The van der Waals surface area contributed by atoms with E-state index in [1.165, 1.54) is 23.1 Å². The summed E-state index contributed by atoms with van der Waals surface area (Å²) >= 11 is 2.81. The van der Waals surface area contributed by atoms with Crippen LogP contribution in [0.2, 0.25) is 0 Å². The van der Waals surface area contributed by atoms with Gasteiger partial charge in [-0.3, -0.25) is 9.52 Å². The first kappa shape index (κ1) is 16.9. The maximum atomic E-state index is 12.3. The Hall–Kier alpha value is -1.45. The van der Waals surface area contributed by atoms with Gasteiger partial charge >= 0.3 is 0 Å². The number of nitrogens with zero attached hydrogens (tertiary/aromatic N) is 2. The Labute approximate surface area is 137 Å². The highest BCUT2D eigenvalue weighted by Crippen LogP contribution is 2.28. The molecule has 0 spiro atoms. The summed E-state index contributed by atoms with van der Waals surface area (Å²) in [5.74, 6) is -0.0382. The molecule has 1 aromatic heterocycles. The Bertz CT molecular complexity index is 769. The van der Waals surface area contributed by atoms with Gasteiger partial charge in [0.1, 0.15) is 5.01 Å². The van der Waals surface area contributed by atoms with E-state index in [1.807, 2.05) is 13.8 Å². The van der Waals surface area contributed by atoms with Crippen molar-refractivity contribution < 1.29 is 13.2 Å². The first-order valence-electron chi connectivity index (χ1n) is 6.33. The van der Waals surface area contributed by atoms with Gasteiger partial charge in [-0.05, 0) is 38.1 Å². The fraction of sp³-hybridized carbons (Fsp3) is 0.308. The number of aromatic nitrogens is 2. The van der Waals surface area contributed by atoms with Crippen molar-refractivity contribution in [2.45, 2.75) is 23.4 Å². The molecular formula is C13H15N3O3S3. The molecule has 0 aliphatic rings. The molecule has 0 amide bonds. The molecule has 0 saturated heterocycles. The molecule has 22 heavy (non-hydrogen) atoms. The van der Waals surface area contributed by atoms with Gasteiger partial charge in [0, 0.05) is 11.3 Å². The van der Waals surface area contributed by atoms with Crippen LogP contribution in [-0.2, 0) is 10.0 Å². The second-order valence-electron chi connectivity index (χ2n) is 4.66. The lowest BCUT2D eigenvalue weighted by atomic mass is 10.1. The molecule has 2 aromatic rings. The smallest absolute Gasteiger partial charge is 0.229 e. The summed E-state index contributed by atoms with van der Waals surface area (Å²) in [5.41, 5.74) is 0.958. The molecule has 1 atom stereocenters. The minimum atomic E-state index is -3.32. The highest BCUT2D eigenvalue weighted by Gasteiger charge is 2.18. The van der Waals surface area contributed by atoms with Crippen molar-refractivity contribution in [1.82, 2.24) is 10.2 Å². The van der Waals surface area contributed by atoms with E-state index in [2.05, 4.69) is 14.9 Å². The lowest BCUT2D eigenvalue weighted by Crippen LogP contribution is -2.14. The van der Waals surface area contributed by atoms with Crippen LogP contribution in [-0.4, -0.2) is 35.9 Å². The standard InChI is InChI=1S/C13H15N3O3S3/c1-8(20-13-15-14-9(2)21-13)12(17)10-4-6-11(7-5-10)16-22(3,18)19/h4-8,16H,1-3H3. The fourth-order valence-electron chi connectivity index (χ4n) is 1.68. The normalized spacial score (nSPS) is 12.9. The lowest BCUT2D eigenvalue weighted by molar-refractivity contribution is 0.0994. The van der Waals surface area contributed by atoms with Crippen LogP contribution in [0.1, 0.15) is 22.3 Å². The number of hydrogen-bond acceptors (Lipinski definition) is 7. The molecular weight excluding hydrogens is 342 g/mol. The van der Waals surface area contributed by atoms with E-state index in [0.29, 0.717) is 11.3 Å². The number of hydrogen-bond donors (Lipinski definition) is 1. The summed E-state index contributed by atoms with van der Waals surface area (Å²) in [7, 11) is -3.32. The third-order valence-electron chi connectivity index (χ3n) is 2.63. The quantitative estimate of drug-likeness (QED) is 0.631. The highest BCUT2D eigenvalue weighted by atomic mass is 32.2. The molecule has 1 heterocycles. The second kappa shape index (κ2) is 6.76. The zero-order valence-electron chi connectivity index (χ0n) is 12.2. The third kappa shape index (κ3) is 4.79. The summed E-state index contributed by atoms with van der Waals surface area (Å²) in [6.07, 6.45) is 1.08. The third-order valence-corrected chi connectivity index (χ3v) is 5.26. The number of carbonyl (C=O) groups excluding carboxylic acids is 1. The molecule has 0 aliphatic heterocycles. The van der Waals surface area contributed by atoms with E-state index < -0.39 is 10.0 Å². The number of aryl methyl sites for hydroxylation is 1. The summed E-state index contributed by atoms with van der Waals surface area (Å²) in [6.45, 7) is 3.67. The zero-order valence-corrected chi connectivity index (χ0v) is 14.7. The molecule has 1 N–H and O–H groups in total. The van der Waals surface area contributed by atoms with E-state index in [-0.39, 0.29) is 11.0 Å². The fourth-order valence-corrected chi connectivity index (χ4v) is 4.28. The number of sulfonamides is 1. The van der Waals surface area contributed by atoms with Gasteiger partial charge in [0.05, 0.1) is 11.5 Å². The SMILES string of the molecule is Cc1nnc(SC(C)C(=O)c2ccc(NS(C)(=O)=O)cc2)s1. The molecule has 0 aliphatic carbocycles. The molecule has 1 aromatic carbocycles. The van der Waals surface area contributed by atoms with Gasteiger partial charge in [-0.2, -0.15) is 0 Å². The molecule has 2 rings (SSSR count). The van der Waals surface area contributed by atoms with E-state index >= 15 is 0 Å². The monoisotopic (exact) mass is 357 g/mol. The van der Waals surface area contributed by atoms with Crippen LogP contribution in [0.15, 0.2) is 28.6 Å². The van der Waals surface area contributed by atoms with Gasteiger partial charge in [-0.1, -0.05) is 23.1 Å². The average molecular weight is 357 g/mol. The second-order valence-corrected chi connectivity index (χ2v) is 9.18. The van der Waals surface area contributed by atoms with Gasteiger partial charge in [0.2, 0.25) is 10.0 Å².